The van der Waals surface area contributed by atoms with Crippen molar-refractivity contribution < 1.29 is 64.7 Å². The van der Waals surface area contributed by atoms with Crippen molar-refractivity contribution in [3.63, 3.8) is 0 Å². The smallest absolute Gasteiger partial charge is 0.335 e. The molecule has 7 rings (SSSR count). The van der Waals surface area contributed by atoms with Gasteiger partial charge in [0.1, 0.15) is 33.8 Å². The van der Waals surface area contributed by atoms with Crippen LogP contribution in [0.2, 0.25) is 18.1 Å². The van der Waals surface area contributed by atoms with Crippen molar-refractivity contribution in [1.82, 2.24) is 9.80 Å². The molecular formula is C72H93F4N3O11PS4Si-. The molecule has 0 N–H and O–H groups in total. The summed E-state index contributed by atoms with van der Waals surface area (Å²) < 4.78 is 130. The van der Waals surface area contributed by atoms with E-state index in [0.717, 1.165) is 28.9 Å². The van der Waals surface area contributed by atoms with Gasteiger partial charge in [0.2, 0.25) is 8.32 Å². The highest BCUT2D eigenvalue weighted by atomic mass is 32.3. The summed E-state index contributed by atoms with van der Waals surface area (Å²) in [6.45, 7) is 22.1. The lowest BCUT2D eigenvalue weighted by atomic mass is 9.78. The predicted molar refractivity (Wildman–Crippen MR) is 390 cm³/mol. The maximum absolute atomic E-state index is 12.4. The summed E-state index contributed by atoms with van der Waals surface area (Å²) >= 11 is -0.750. The van der Waals surface area contributed by atoms with Crippen LogP contribution in [0.15, 0.2) is 193 Å². The Balaban J connectivity index is 0.000000653. The maximum atomic E-state index is 12.4. The van der Waals surface area contributed by atoms with E-state index in [4.69, 9.17) is 39.4 Å². The number of ether oxygens (including phenoxy) is 1. The van der Waals surface area contributed by atoms with Gasteiger partial charge in [-0.25, -0.2) is 12.8 Å². The predicted octanol–water partition coefficient (Wildman–Crippen LogP) is 9.89. The molecule has 0 aliphatic rings. The van der Waals surface area contributed by atoms with Gasteiger partial charge in [-0.3, -0.25) is 19.2 Å². The maximum Gasteiger partial charge on any atom is 0.335 e. The van der Waals surface area contributed by atoms with Crippen molar-refractivity contribution in [3.05, 3.63) is 216 Å². The molecule has 0 aliphatic carbocycles. The fourth-order valence-corrected chi connectivity index (χ4v) is 15.7. The van der Waals surface area contributed by atoms with Crippen LogP contribution in [0.25, 0.3) is 0 Å². The number of nitrogens with zero attached hydrogens (tertiary/aromatic N) is 3. The first-order valence-corrected chi connectivity index (χ1v) is 40.7. The molecule has 0 aliphatic heterocycles. The molecule has 0 saturated heterocycles. The number of terminal acetylenes is 2. The number of sulfone groups is 1. The molecule has 7 aromatic rings. The van der Waals surface area contributed by atoms with Gasteiger partial charge in [0.05, 0.1) is 44.5 Å². The van der Waals surface area contributed by atoms with Crippen molar-refractivity contribution in [2.24, 2.45) is 4.74 Å². The number of methoxy groups -OCH3 is 1. The average molecular weight is 1440 g/mol. The van der Waals surface area contributed by atoms with E-state index in [9.17, 15) is 33.5 Å². The van der Waals surface area contributed by atoms with E-state index in [0.29, 0.717) is 0 Å². The largest absolute Gasteiger partial charge is 1.00 e. The minimum Gasteiger partial charge on any atom is -1.00 e. The van der Waals surface area contributed by atoms with Gasteiger partial charge in [0.15, 0.2) is 0 Å². The molecule has 14 nitrogen and oxygen atoms in total. The molecule has 0 radical (unpaired) electrons. The Hall–Kier alpha value is -7.18. The van der Waals surface area contributed by atoms with Gasteiger partial charge in [-0.2, -0.15) is 25.3 Å². The van der Waals surface area contributed by atoms with E-state index in [1.54, 1.807) is 24.1 Å². The normalized spacial score (nSPS) is 11.6. The van der Waals surface area contributed by atoms with E-state index in [-0.39, 0.29) is 81.8 Å². The molecule has 0 atom stereocenters. The van der Waals surface area contributed by atoms with E-state index in [1.165, 1.54) is 37.5 Å². The van der Waals surface area contributed by atoms with Crippen LogP contribution in [-0.4, -0.2) is 135 Å². The molecule has 0 aromatic heterocycles. The molecule has 24 heteroatoms. The van der Waals surface area contributed by atoms with Gasteiger partial charge >= 0.3 is 31.9 Å². The first-order chi connectivity index (χ1) is 44.1. The van der Waals surface area contributed by atoms with Gasteiger partial charge in [-0.1, -0.05) is 218 Å². The van der Waals surface area contributed by atoms with Crippen LogP contribution >= 0.6 is 7.05 Å². The highest BCUT2D eigenvalue weighted by Crippen LogP contribution is 2.46. The van der Waals surface area contributed by atoms with Crippen LogP contribution in [0, 0.1) is 31.6 Å². The third-order valence-corrected chi connectivity index (χ3v) is 26.8. The Labute approximate surface area is 574 Å². The number of halogens is 4. The van der Waals surface area contributed by atoms with Crippen LogP contribution in [0.5, 0.6) is 17.2 Å². The van der Waals surface area contributed by atoms with Crippen LogP contribution in [0.3, 0.4) is 0 Å². The Bertz CT molecular complexity index is 3870. The molecule has 0 spiro atoms. The van der Waals surface area contributed by atoms with Crippen molar-refractivity contribution in [1.29, 1.82) is 0 Å². The van der Waals surface area contributed by atoms with E-state index in [1.807, 2.05) is 43.4 Å². The first kappa shape index (κ1) is 86.8. The molecule has 524 valence electrons. The summed E-state index contributed by atoms with van der Waals surface area (Å²) in [7, 11) is -11.7. The van der Waals surface area contributed by atoms with Crippen molar-refractivity contribution in [3.8, 4) is 41.9 Å². The lowest BCUT2D eigenvalue weighted by molar-refractivity contribution is -0.0000332. The summed E-state index contributed by atoms with van der Waals surface area (Å²) in [5.74, 6) is 5.58. The zero-order valence-electron chi connectivity index (χ0n) is 57.1. The lowest BCUT2D eigenvalue weighted by Crippen LogP contribution is -3.00. The molecule has 0 bridgehead atoms. The number of hydrogen-bond acceptors (Lipinski definition) is 14. The van der Waals surface area contributed by atoms with E-state index >= 15 is 0 Å². The van der Waals surface area contributed by atoms with Gasteiger partial charge in [0.25, 0.3) is 0 Å². The van der Waals surface area contributed by atoms with Crippen molar-refractivity contribution >= 4 is 73.0 Å². The molecule has 0 saturated carbocycles. The van der Waals surface area contributed by atoms with Crippen LogP contribution < -0.4 is 34.0 Å². The minimum absolute atomic E-state index is 0. The number of alkyl halides is 1. The monoisotopic (exact) mass is 1440 g/mol. The molecule has 0 amide bonds. The van der Waals surface area contributed by atoms with Gasteiger partial charge in [0, 0.05) is 66.2 Å². The summed E-state index contributed by atoms with van der Waals surface area (Å²) in [5.41, 5.74) is 5.72. The lowest BCUT2D eigenvalue weighted by Gasteiger charge is -2.36. The standard InChI is InChI=1S/C24H31NO6S2.C22H32OSi.C19H18NP.C7H11F2NO2S.2FH.O2S/c1-6-15-25(16-18-32(5,26)27)17-19-33(28,29)31-23-13-9-21(10-14-23)24(2,3)20-7-11-22(30-4)12-8-20;1-17-9-11-18(12-10-17)22(5,6)19-13-15-20(16-14-19)23-24(7,8)21(2,3)4;1-20-21(17-11-5-2-6-12-17,18-13-7-3-8-14-18)19-15-9-4-10-16-19;1-2-4-10(5-3-8)6-7-13(9,11)12;;;1-3-2/h1,7-14H,15-19H2,2-5H3;9-16H,1-8H3;2-16H,1H3;1H,3-7H2;2*1H;/p-1. The molecule has 0 heterocycles. The first-order valence-electron chi connectivity index (χ1n) is 30.2. The Morgan fingerprint density at radius 1 is 0.552 bits per heavy atom. The Kier molecular flexibility index (Phi) is 36.6. The Morgan fingerprint density at radius 3 is 1.21 bits per heavy atom. The topological polar surface area (TPSA) is 183 Å². The second-order valence-corrected chi connectivity index (χ2v) is 38.1. The number of benzene rings is 7. The van der Waals surface area contributed by atoms with Gasteiger partial charge < -0.3 is 18.1 Å². The zero-order chi connectivity index (χ0) is 70.4. The summed E-state index contributed by atoms with van der Waals surface area (Å²) in [4.78, 5) is 2.96. The molecule has 7 aromatic carbocycles. The second-order valence-electron chi connectivity index (χ2n) is 24.5. The SMILES string of the molecule is C#CCN(CCF)CCS(=O)(=O)F.C#CCN(CCS(C)(=O)=O)CCS(=O)(=O)Oc1ccc(C(C)(C)c2ccc(OC)cc2)cc1.CN=P(c1ccccc1)(c1ccccc1)c1ccccc1.Cc1ccc(C(C)(C)c2ccc(O[Si](C)(C)C(C)(C)C)cc2)cc1.F.O=S=O.[F-]. The average Bonchev–Trinajstić information content (AvgIpc) is 0.770. The van der Waals surface area contributed by atoms with Crippen LogP contribution in [0.4, 0.5) is 13.0 Å². The van der Waals surface area contributed by atoms with Crippen LogP contribution in [0.1, 0.15) is 76.3 Å². The minimum atomic E-state index is -4.49. The van der Waals surface area contributed by atoms with E-state index in [2.05, 4.69) is 220 Å². The van der Waals surface area contributed by atoms with Crippen molar-refractivity contribution in [2.75, 3.05) is 83.6 Å². The molecule has 0 fully saturated rings. The zero-order valence-corrected chi connectivity index (χ0v) is 62.2. The highest BCUT2D eigenvalue weighted by molar-refractivity contribution is 7.90. The third-order valence-electron chi connectivity index (χ3n) is 15.9. The quantitative estimate of drug-likeness (QED) is 0.0132. The Morgan fingerprint density at radius 2 is 0.885 bits per heavy atom. The van der Waals surface area contributed by atoms with E-state index < -0.39 is 69.5 Å². The molecule has 0 unspecified atom stereocenters. The molecular weight excluding hydrogens is 1350 g/mol. The summed E-state index contributed by atoms with van der Waals surface area (Å²) in [6, 6.07) is 64.2. The fourth-order valence-electron chi connectivity index (χ4n) is 9.23. The van der Waals surface area contributed by atoms with Gasteiger partial charge in [-0.05, 0) is 83.7 Å². The molecule has 96 heavy (non-hydrogen) atoms. The summed E-state index contributed by atoms with van der Waals surface area (Å²) in [6.07, 6.45) is 11.4. The van der Waals surface area contributed by atoms with Gasteiger partial charge in [-0.15, -0.1) is 16.7 Å². The second kappa shape index (κ2) is 40.5. The fraction of sp³-hybridized carbons (Fsp3) is 0.361. The van der Waals surface area contributed by atoms with Crippen LogP contribution in [-0.2, 0) is 52.6 Å². The number of aryl methyl sites for hydroxylation is 1. The number of rotatable bonds is 25. The van der Waals surface area contributed by atoms with Crippen molar-refractivity contribution in [2.45, 2.75) is 84.4 Å². The third kappa shape index (κ3) is 28.5. The summed E-state index contributed by atoms with van der Waals surface area (Å²) in [5, 5.41) is 4.10. The number of hydrogen-bond donors (Lipinski definition) is 0. The highest BCUT2D eigenvalue weighted by Gasteiger charge is 2.39.